The van der Waals surface area contributed by atoms with E-state index in [-0.39, 0.29) is 0 Å². The van der Waals surface area contributed by atoms with Crippen LogP contribution in [0.15, 0.2) is 53.6 Å². The van der Waals surface area contributed by atoms with Gasteiger partial charge in [0, 0.05) is 0 Å². The number of rotatable bonds is 1. The van der Waals surface area contributed by atoms with Crippen molar-refractivity contribution >= 4 is 17.1 Å². The lowest BCUT2D eigenvalue weighted by Crippen LogP contribution is -1.97. The quantitative estimate of drug-likeness (QED) is 0.669. The van der Waals surface area contributed by atoms with E-state index in [0.717, 1.165) is 11.4 Å². The first-order chi connectivity index (χ1) is 7.24. The largest absolute Gasteiger partial charge is 0.301 e. The van der Waals surface area contributed by atoms with Crippen LogP contribution in [0.4, 0.5) is 5.69 Å². The molecule has 0 spiro atoms. The number of aliphatic imine (C=N–C) groups is 1. The van der Waals surface area contributed by atoms with Crippen LogP contribution in [0.3, 0.4) is 0 Å². The summed E-state index contributed by atoms with van der Waals surface area (Å²) in [6.45, 7) is 2.05. The molecule has 0 atom stereocenters. The Morgan fingerprint density at radius 2 is 1.53 bits per heavy atom. The van der Waals surface area contributed by atoms with Crippen molar-refractivity contribution in [1.82, 2.24) is 0 Å². The lowest BCUT2D eigenvalue weighted by atomic mass is 10.1. The van der Waals surface area contributed by atoms with Crippen LogP contribution >= 0.6 is 0 Å². The number of aryl methyl sites for hydroxylation is 1. The monoisotopic (exact) mass is 196 g/mol. The van der Waals surface area contributed by atoms with E-state index in [9.17, 15) is 0 Å². The van der Waals surface area contributed by atoms with Crippen LogP contribution in [0.5, 0.6) is 0 Å². The molecule has 74 valence electrons. The molecular formula is C13H12N2. The number of benzene rings is 1. The second kappa shape index (κ2) is 4.05. The Labute approximate surface area is 89.2 Å². The molecule has 0 aromatic heterocycles. The third-order valence-corrected chi connectivity index (χ3v) is 2.16. The van der Waals surface area contributed by atoms with Gasteiger partial charge in [-0.3, -0.25) is 0 Å². The summed E-state index contributed by atoms with van der Waals surface area (Å²) in [5.74, 6) is 0. The molecule has 15 heavy (non-hydrogen) atoms. The average Bonchev–Trinajstić information content (AvgIpc) is 2.25. The summed E-state index contributed by atoms with van der Waals surface area (Å²) < 4.78 is 0. The summed E-state index contributed by atoms with van der Waals surface area (Å²) in [6.07, 6.45) is 7.18. The second-order valence-corrected chi connectivity index (χ2v) is 3.49. The van der Waals surface area contributed by atoms with Gasteiger partial charge in [-0.15, -0.1) is 0 Å². The predicted octanol–water partition coefficient (Wildman–Crippen LogP) is 3.21. The van der Waals surface area contributed by atoms with Crippen molar-refractivity contribution in [1.29, 1.82) is 5.41 Å². The van der Waals surface area contributed by atoms with E-state index in [1.807, 2.05) is 36.4 Å². The van der Waals surface area contributed by atoms with Crippen LogP contribution in [-0.2, 0) is 0 Å². The Kier molecular flexibility index (Phi) is 2.59. The summed E-state index contributed by atoms with van der Waals surface area (Å²) in [4.78, 5) is 4.44. The number of nitrogens with zero attached hydrogens (tertiary/aromatic N) is 1. The third kappa shape index (κ3) is 2.50. The van der Waals surface area contributed by atoms with Gasteiger partial charge in [-0.25, -0.2) is 4.99 Å². The molecule has 1 N–H and O–H groups in total. The second-order valence-electron chi connectivity index (χ2n) is 3.49. The first-order valence-electron chi connectivity index (χ1n) is 4.84. The zero-order valence-corrected chi connectivity index (χ0v) is 8.57. The number of nitrogens with one attached hydrogen (secondary N) is 1. The molecule has 2 rings (SSSR count). The number of hydrogen-bond acceptors (Lipinski definition) is 2. The summed E-state index contributed by atoms with van der Waals surface area (Å²) in [5.41, 5.74) is 3.57. The summed E-state index contributed by atoms with van der Waals surface area (Å²) in [7, 11) is 0. The Balaban J connectivity index is 2.24. The Hall–Kier alpha value is -1.96. The van der Waals surface area contributed by atoms with Crippen molar-refractivity contribution in [3.05, 3.63) is 54.1 Å². The fourth-order valence-electron chi connectivity index (χ4n) is 1.30. The van der Waals surface area contributed by atoms with Gasteiger partial charge in [0.05, 0.1) is 17.1 Å². The van der Waals surface area contributed by atoms with Crippen molar-refractivity contribution in [3.63, 3.8) is 0 Å². The molecule has 0 aliphatic heterocycles. The molecule has 1 aliphatic carbocycles. The van der Waals surface area contributed by atoms with Crippen molar-refractivity contribution in [3.8, 4) is 0 Å². The van der Waals surface area contributed by atoms with Crippen molar-refractivity contribution in [2.45, 2.75) is 6.92 Å². The van der Waals surface area contributed by atoms with E-state index < -0.39 is 0 Å². The molecule has 0 heterocycles. The molecule has 1 aromatic carbocycles. The van der Waals surface area contributed by atoms with E-state index in [1.54, 1.807) is 12.2 Å². The maximum Gasteiger partial charge on any atom is 0.0638 e. The van der Waals surface area contributed by atoms with E-state index in [1.165, 1.54) is 5.56 Å². The van der Waals surface area contributed by atoms with Gasteiger partial charge in [0.2, 0.25) is 0 Å². The molecule has 0 bridgehead atoms. The van der Waals surface area contributed by atoms with Gasteiger partial charge in [0.15, 0.2) is 0 Å². The number of hydrogen-bond donors (Lipinski definition) is 1. The first-order valence-corrected chi connectivity index (χ1v) is 4.84. The molecule has 0 amide bonds. The Morgan fingerprint density at radius 1 is 0.933 bits per heavy atom. The van der Waals surface area contributed by atoms with Gasteiger partial charge >= 0.3 is 0 Å². The highest BCUT2D eigenvalue weighted by atomic mass is 14.7. The fraction of sp³-hybridized carbons (Fsp3) is 0.0769. The van der Waals surface area contributed by atoms with Crippen molar-refractivity contribution in [2.24, 2.45) is 4.99 Å². The van der Waals surface area contributed by atoms with Crippen LogP contribution < -0.4 is 0 Å². The van der Waals surface area contributed by atoms with Crippen LogP contribution in [0.2, 0.25) is 0 Å². The zero-order valence-electron chi connectivity index (χ0n) is 8.57. The zero-order chi connectivity index (χ0) is 10.7. The maximum absolute atomic E-state index is 7.36. The van der Waals surface area contributed by atoms with Gasteiger partial charge in [-0.1, -0.05) is 17.7 Å². The Morgan fingerprint density at radius 3 is 2.13 bits per heavy atom. The van der Waals surface area contributed by atoms with Gasteiger partial charge < -0.3 is 5.41 Å². The van der Waals surface area contributed by atoms with Gasteiger partial charge in [-0.05, 0) is 43.4 Å². The van der Waals surface area contributed by atoms with E-state index in [0.29, 0.717) is 5.71 Å². The predicted molar refractivity (Wildman–Crippen MR) is 64.3 cm³/mol. The number of allylic oxidation sites excluding steroid dienone is 4. The van der Waals surface area contributed by atoms with Gasteiger partial charge in [0.25, 0.3) is 0 Å². The molecule has 0 radical (unpaired) electrons. The van der Waals surface area contributed by atoms with Crippen LogP contribution in [0.25, 0.3) is 0 Å². The topological polar surface area (TPSA) is 36.2 Å². The molecular weight excluding hydrogens is 184 g/mol. The van der Waals surface area contributed by atoms with Crippen molar-refractivity contribution < 1.29 is 0 Å². The first kappa shape index (κ1) is 9.59. The summed E-state index contributed by atoms with van der Waals surface area (Å²) >= 11 is 0. The molecule has 0 saturated heterocycles. The minimum absolute atomic E-state index is 0.512. The molecule has 2 nitrogen and oxygen atoms in total. The lowest BCUT2D eigenvalue weighted by Gasteiger charge is -2.00. The molecule has 0 unspecified atom stereocenters. The molecule has 0 fully saturated rings. The highest BCUT2D eigenvalue weighted by Gasteiger charge is 1.97. The highest BCUT2D eigenvalue weighted by Crippen LogP contribution is 2.14. The van der Waals surface area contributed by atoms with Gasteiger partial charge in [-0.2, -0.15) is 0 Å². The third-order valence-electron chi connectivity index (χ3n) is 2.16. The molecule has 2 heteroatoms. The van der Waals surface area contributed by atoms with Crippen LogP contribution in [0, 0.1) is 12.3 Å². The van der Waals surface area contributed by atoms with Crippen molar-refractivity contribution in [2.75, 3.05) is 0 Å². The lowest BCUT2D eigenvalue weighted by molar-refractivity contribution is 1.43. The van der Waals surface area contributed by atoms with E-state index >= 15 is 0 Å². The summed E-state index contributed by atoms with van der Waals surface area (Å²) in [5, 5.41) is 7.36. The van der Waals surface area contributed by atoms with E-state index in [2.05, 4.69) is 11.9 Å². The summed E-state index contributed by atoms with van der Waals surface area (Å²) in [6, 6.07) is 8.06. The molecule has 1 aromatic rings. The highest BCUT2D eigenvalue weighted by molar-refractivity contribution is 6.17. The average molecular weight is 196 g/mol. The minimum atomic E-state index is 0.512. The maximum atomic E-state index is 7.36. The van der Waals surface area contributed by atoms with E-state index in [4.69, 9.17) is 5.41 Å². The van der Waals surface area contributed by atoms with Gasteiger partial charge in [0.1, 0.15) is 0 Å². The van der Waals surface area contributed by atoms with Crippen LogP contribution in [0.1, 0.15) is 5.56 Å². The standard InChI is InChI=1S/C13H12N2/c1-10-2-6-12(7-3-10)15-13-8-4-11(14)5-9-13/h2-9,14H,1H3. The van der Waals surface area contributed by atoms with Crippen LogP contribution in [-0.4, -0.2) is 11.4 Å². The normalized spacial score (nSPS) is 14.5. The molecule has 1 aliphatic rings. The fourth-order valence-corrected chi connectivity index (χ4v) is 1.30. The Bertz CT molecular complexity index is 444. The molecule has 0 saturated carbocycles. The minimum Gasteiger partial charge on any atom is -0.301 e. The smallest absolute Gasteiger partial charge is 0.0638 e. The SMILES string of the molecule is Cc1ccc(N=C2C=CC(=N)C=C2)cc1.